The average Bonchev–Trinajstić information content (AvgIpc) is 3.46. The Morgan fingerprint density at radius 2 is 1.96 bits per heavy atom. The highest BCUT2D eigenvalue weighted by molar-refractivity contribution is 5.81. The summed E-state index contributed by atoms with van der Waals surface area (Å²) in [5.41, 5.74) is 6.67. The van der Waals surface area contributed by atoms with Crippen LogP contribution in [0.2, 0.25) is 0 Å². The average molecular weight is 343 g/mol. The number of primary amides is 1. The van der Waals surface area contributed by atoms with Gasteiger partial charge in [-0.2, -0.15) is 0 Å². The lowest BCUT2D eigenvalue weighted by Gasteiger charge is -2.35. The van der Waals surface area contributed by atoms with Gasteiger partial charge in [0.05, 0.1) is 12.5 Å². The molecule has 0 bridgehead atoms. The summed E-state index contributed by atoms with van der Waals surface area (Å²) in [5, 5.41) is 0. The van der Waals surface area contributed by atoms with E-state index in [-0.39, 0.29) is 17.7 Å². The fraction of sp³-hybridized carbons (Fsp3) is 0.600. The van der Waals surface area contributed by atoms with Crippen LogP contribution in [-0.2, 0) is 16.1 Å². The molecule has 25 heavy (non-hydrogen) atoms. The van der Waals surface area contributed by atoms with Crippen molar-refractivity contribution in [2.45, 2.75) is 45.2 Å². The number of piperidine rings is 1. The number of carbonyl (C=O) groups is 2. The smallest absolute Gasteiger partial charge is 0.236 e. The van der Waals surface area contributed by atoms with E-state index in [0.717, 1.165) is 25.9 Å². The highest BCUT2D eigenvalue weighted by Crippen LogP contribution is 2.35. The molecule has 136 valence electrons. The van der Waals surface area contributed by atoms with E-state index in [1.807, 2.05) is 23.1 Å². The largest absolute Gasteiger partial charge is 0.369 e. The van der Waals surface area contributed by atoms with Gasteiger partial charge in [0, 0.05) is 25.7 Å². The highest BCUT2D eigenvalue weighted by Gasteiger charge is 2.34. The lowest BCUT2D eigenvalue weighted by molar-refractivity contribution is -0.136. The van der Waals surface area contributed by atoms with Crippen LogP contribution < -0.4 is 5.73 Å². The first-order valence-electron chi connectivity index (χ1n) is 9.39. The lowest BCUT2D eigenvalue weighted by Crippen LogP contribution is -2.49. The normalized spacial score (nSPS) is 22.0. The zero-order valence-electron chi connectivity index (χ0n) is 15.1. The summed E-state index contributed by atoms with van der Waals surface area (Å²) < 4.78 is 0. The standard InChI is InChI=1S/C20H29N3O2/c1-15(17-9-10-17)23(12-16-6-3-2-4-7-16)14-19(24)22-11-5-8-18(13-22)20(21)25/h2-4,6-7,15,17-18H,5,8-14H2,1H3,(H2,21,25). The molecule has 0 spiro atoms. The van der Waals surface area contributed by atoms with Gasteiger partial charge in [-0.15, -0.1) is 0 Å². The molecule has 1 heterocycles. The Labute approximate surface area is 150 Å². The van der Waals surface area contributed by atoms with Crippen LogP contribution in [-0.4, -0.2) is 47.3 Å². The summed E-state index contributed by atoms with van der Waals surface area (Å²) in [6.07, 6.45) is 4.17. The molecule has 5 heteroatoms. The molecule has 1 aliphatic carbocycles. The Bertz CT molecular complexity index is 600. The molecule has 2 amide bonds. The zero-order valence-corrected chi connectivity index (χ0v) is 15.1. The number of amides is 2. The summed E-state index contributed by atoms with van der Waals surface area (Å²) in [7, 11) is 0. The Balaban J connectivity index is 1.64. The highest BCUT2D eigenvalue weighted by atomic mass is 16.2. The van der Waals surface area contributed by atoms with Crippen molar-refractivity contribution in [3.8, 4) is 0 Å². The van der Waals surface area contributed by atoms with Crippen molar-refractivity contribution in [3.63, 3.8) is 0 Å². The van der Waals surface area contributed by atoms with Gasteiger partial charge in [-0.1, -0.05) is 30.3 Å². The molecule has 2 atom stereocenters. The molecule has 2 fully saturated rings. The molecule has 2 aliphatic rings. The quantitative estimate of drug-likeness (QED) is 0.823. The second-order valence-electron chi connectivity index (χ2n) is 7.55. The van der Waals surface area contributed by atoms with Crippen LogP contribution in [0.15, 0.2) is 30.3 Å². The molecule has 5 nitrogen and oxygen atoms in total. The van der Waals surface area contributed by atoms with Gasteiger partial charge in [0.2, 0.25) is 11.8 Å². The van der Waals surface area contributed by atoms with Crippen LogP contribution >= 0.6 is 0 Å². The van der Waals surface area contributed by atoms with Crippen molar-refractivity contribution in [1.29, 1.82) is 0 Å². The molecule has 0 radical (unpaired) electrons. The second-order valence-corrected chi connectivity index (χ2v) is 7.55. The summed E-state index contributed by atoms with van der Waals surface area (Å²) in [6.45, 7) is 4.65. The first kappa shape index (κ1) is 17.9. The molecular formula is C20H29N3O2. The van der Waals surface area contributed by atoms with Crippen molar-refractivity contribution >= 4 is 11.8 Å². The van der Waals surface area contributed by atoms with Crippen molar-refractivity contribution in [1.82, 2.24) is 9.80 Å². The monoisotopic (exact) mass is 343 g/mol. The van der Waals surface area contributed by atoms with Gasteiger partial charge in [0.1, 0.15) is 0 Å². The van der Waals surface area contributed by atoms with Crippen molar-refractivity contribution in [2.75, 3.05) is 19.6 Å². The van der Waals surface area contributed by atoms with E-state index in [0.29, 0.717) is 25.0 Å². The van der Waals surface area contributed by atoms with Crippen LogP contribution in [0.3, 0.4) is 0 Å². The minimum absolute atomic E-state index is 0.120. The first-order chi connectivity index (χ1) is 12.0. The summed E-state index contributed by atoms with van der Waals surface area (Å²) >= 11 is 0. The van der Waals surface area contributed by atoms with E-state index >= 15 is 0 Å². The first-order valence-corrected chi connectivity index (χ1v) is 9.39. The summed E-state index contributed by atoms with van der Waals surface area (Å²) in [5.74, 6) is 0.344. The van der Waals surface area contributed by atoms with Gasteiger partial charge in [-0.05, 0) is 44.1 Å². The van der Waals surface area contributed by atoms with Gasteiger partial charge >= 0.3 is 0 Å². The molecule has 2 unspecified atom stereocenters. The van der Waals surface area contributed by atoms with E-state index in [9.17, 15) is 9.59 Å². The number of carbonyl (C=O) groups excluding carboxylic acids is 2. The number of nitrogens with two attached hydrogens (primary N) is 1. The maximum atomic E-state index is 12.8. The Morgan fingerprint density at radius 1 is 1.24 bits per heavy atom. The minimum Gasteiger partial charge on any atom is -0.369 e. The SMILES string of the molecule is CC(C1CC1)N(CC(=O)N1CCCC(C(N)=O)C1)Cc1ccccc1. The van der Waals surface area contributed by atoms with E-state index in [1.165, 1.54) is 18.4 Å². The van der Waals surface area contributed by atoms with Crippen molar-refractivity contribution in [3.05, 3.63) is 35.9 Å². The number of likely N-dealkylation sites (tertiary alicyclic amines) is 1. The molecule has 2 N–H and O–H groups in total. The van der Waals surface area contributed by atoms with Crippen molar-refractivity contribution in [2.24, 2.45) is 17.6 Å². The number of hydrogen-bond acceptors (Lipinski definition) is 3. The molecular weight excluding hydrogens is 314 g/mol. The van der Waals surface area contributed by atoms with Gasteiger partial charge in [-0.25, -0.2) is 0 Å². The van der Waals surface area contributed by atoms with Crippen LogP contribution in [0, 0.1) is 11.8 Å². The Morgan fingerprint density at radius 3 is 2.60 bits per heavy atom. The maximum absolute atomic E-state index is 12.8. The van der Waals surface area contributed by atoms with E-state index in [1.54, 1.807) is 0 Å². The number of rotatable bonds is 7. The van der Waals surface area contributed by atoms with E-state index < -0.39 is 0 Å². The van der Waals surface area contributed by atoms with Crippen LogP contribution in [0.5, 0.6) is 0 Å². The Hall–Kier alpha value is -1.88. The van der Waals surface area contributed by atoms with Gasteiger partial charge in [-0.3, -0.25) is 14.5 Å². The van der Waals surface area contributed by atoms with Crippen molar-refractivity contribution < 1.29 is 9.59 Å². The fourth-order valence-electron chi connectivity index (χ4n) is 3.75. The second kappa shape index (κ2) is 8.00. The number of nitrogens with zero attached hydrogens (tertiary/aromatic N) is 2. The molecule has 1 saturated carbocycles. The predicted molar refractivity (Wildman–Crippen MR) is 97.5 cm³/mol. The minimum atomic E-state index is -0.287. The lowest BCUT2D eigenvalue weighted by atomic mass is 9.97. The van der Waals surface area contributed by atoms with Gasteiger partial charge < -0.3 is 10.6 Å². The molecule has 1 aromatic rings. The summed E-state index contributed by atoms with van der Waals surface area (Å²) in [6, 6.07) is 10.7. The molecule has 1 saturated heterocycles. The maximum Gasteiger partial charge on any atom is 0.236 e. The van der Waals surface area contributed by atoms with E-state index in [4.69, 9.17) is 5.73 Å². The van der Waals surface area contributed by atoms with E-state index in [2.05, 4.69) is 24.0 Å². The molecule has 1 aliphatic heterocycles. The van der Waals surface area contributed by atoms with Gasteiger partial charge in [0.15, 0.2) is 0 Å². The van der Waals surface area contributed by atoms with Crippen LogP contribution in [0.4, 0.5) is 0 Å². The third kappa shape index (κ3) is 4.82. The Kier molecular flexibility index (Phi) is 5.74. The molecule has 3 rings (SSSR count). The predicted octanol–water partition coefficient (Wildman–Crippen LogP) is 2.01. The third-order valence-corrected chi connectivity index (χ3v) is 5.62. The third-order valence-electron chi connectivity index (χ3n) is 5.62. The topological polar surface area (TPSA) is 66.6 Å². The number of hydrogen-bond donors (Lipinski definition) is 1. The summed E-state index contributed by atoms with van der Waals surface area (Å²) in [4.78, 5) is 28.4. The molecule has 0 aromatic heterocycles. The zero-order chi connectivity index (χ0) is 17.8. The number of benzene rings is 1. The van der Waals surface area contributed by atoms with Crippen LogP contribution in [0.25, 0.3) is 0 Å². The fourth-order valence-corrected chi connectivity index (χ4v) is 3.75. The molecule has 1 aromatic carbocycles. The van der Waals surface area contributed by atoms with Gasteiger partial charge in [0.25, 0.3) is 0 Å². The van der Waals surface area contributed by atoms with Crippen LogP contribution in [0.1, 0.15) is 38.2 Å².